The normalized spacial score (nSPS) is 31.3. The van der Waals surface area contributed by atoms with Crippen molar-refractivity contribution >= 4 is 0 Å². The fourth-order valence-electron chi connectivity index (χ4n) is 3.26. The number of ether oxygens (including phenoxy) is 1. The lowest BCUT2D eigenvalue weighted by molar-refractivity contribution is -0.0391. The molecule has 106 valence electrons. The average molecular weight is 262 g/mol. The van der Waals surface area contributed by atoms with E-state index in [1.807, 2.05) is 0 Å². The second kappa shape index (κ2) is 5.54. The van der Waals surface area contributed by atoms with Crippen molar-refractivity contribution in [3.05, 3.63) is 28.8 Å². The summed E-state index contributed by atoms with van der Waals surface area (Å²) in [6.07, 6.45) is 1.56. The molecule has 19 heavy (non-hydrogen) atoms. The van der Waals surface area contributed by atoms with Crippen molar-refractivity contribution in [1.82, 2.24) is 0 Å². The summed E-state index contributed by atoms with van der Waals surface area (Å²) in [5.41, 5.74) is 3.65. The third kappa shape index (κ3) is 3.11. The van der Waals surface area contributed by atoms with Crippen LogP contribution in [-0.4, -0.2) is 17.3 Å². The number of hydrogen-bond acceptors (Lipinski definition) is 2. The maximum atomic E-state index is 10.3. The molecule has 0 spiro atoms. The molecular formula is C17H26O2. The quantitative estimate of drug-likeness (QED) is 0.878. The second-order valence-corrected chi connectivity index (χ2v) is 6.41. The molecule has 4 unspecified atom stereocenters. The van der Waals surface area contributed by atoms with Gasteiger partial charge in [0.15, 0.2) is 0 Å². The first-order valence-corrected chi connectivity index (χ1v) is 7.31. The van der Waals surface area contributed by atoms with Crippen LogP contribution in [0, 0.1) is 32.6 Å². The van der Waals surface area contributed by atoms with Gasteiger partial charge in [-0.25, -0.2) is 0 Å². The molecule has 4 atom stereocenters. The van der Waals surface area contributed by atoms with Crippen LogP contribution < -0.4 is 4.74 Å². The molecule has 0 amide bonds. The van der Waals surface area contributed by atoms with Gasteiger partial charge in [0.25, 0.3) is 0 Å². The highest BCUT2D eigenvalue weighted by Gasteiger charge is 2.34. The highest BCUT2D eigenvalue weighted by Crippen LogP contribution is 2.33. The number of aryl methyl sites for hydroxylation is 2. The molecule has 1 aromatic rings. The van der Waals surface area contributed by atoms with Crippen LogP contribution in [0.25, 0.3) is 0 Å². The largest absolute Gasteiger partial charge is 0.487 e. The summed E-state index contributed by atoms with van der Waals surface area (Å²) >= 11 is 0. The van der Waals surface area contributed by atoms with E-state index in [1.54, 1.807) is 0 Å². The van der Waals surface area contributed by atoms with Crippen molar-refractivity contribution in [3.8, 4) is 5.75 Å². The van der Waals surface area contributed by atoms with Crippen molar-refractivity contribution in [2.45, 2.75) is 59.7 Å². The molecule has 1 saturated carbocycles. The number of rotatable bonds is 2. The zero-order chi connectivity index (χ0) is 14.2. The van der Waals surface area contributed by atoms with Gasteiger partial charge < -0.3 is 9.84 Å². The van der Waals surface area contributed by atoms with Crippen molar-refractivity contribution in [2.24, 2.45) is 11.8 Å². The summed E-state index contributed by atoms with van der Waals surface area (Å²) in [6.45, 7) is 10.7. The van der Waals surface area contributed by atoms with Gasteiger partial charge in [0.2, 0.25) is 0 Å². The topological polar surface area (TPSA) is 29.5 Å². The van der Waals surface area contributed by atoms with E-state index in [0.717, 1.165) is 18.6 Å². The van der Waals surface area contributed by atoms with Gasteiger partial charge in [0.05, 0.1) is 6.10 Å². The van der Waals surface area contributed by atoms with Crippen LogP contribution in [0.1, 0.15) is 43.4 Å². The van der Waals surface area contributed by atoms with E-state index in [9.17, 15) is 5.11 Å². The Balaban J connectivity index is 2.21. The molecule has 0 heterocycles. The van der Waals surface area contributed by atoms with Gasteiger partial charge in [-0.15, -0.1) is 0 Å². The van der Waals surface area contributed by atoms with Crippen LogP contribution in [-0.2, 0) is 0 Å². The molecule has 1 N–H and O–H groups in total. The van der Waals surface area contributed by atoms with Gasteiger partial charge in [0, 0.05) is 0 Å². The van der Waals surface area contributed by atoms with Crippen LogP contribution in [0.5, 0.6) is 5.75 Å². The van der Waals surface area contributed by atoms with Crippen molar-refractivity contribution < 1.29 is 9.84 Å². The first kappa shape index (κ1) is 14.4. The predicted octanol–water partition coefficient (Wildman–Crippen LogP) is 3.79. The monoisotopic (exact) mass is 262 g/mol. The Morgan fingerprint density at radius 3 is 2.42 bits per heavy atom. The molecule has 0 aliphatic heterocycles. The Hall–Kier alpha value is -1.02. The summed E-state index contributed by atoms with van der Waals surface area (Å²) in [4.78, 5) is 0. The SMILES string of the molecule is Cc1cc(C)c(C)c(OC2C(C)CC(C)CC2O)c1. The lowest BCUT2D eigenvalue weighted by atomic mass is 9.79. The molecule has 1 aromatic carbocycles. The van der Waals surface area contributed by atoms with Crippen LogP contribution >= 0.6 is 0 Å². The number of hydrogen-bond donors (Lipinski definition) is 1. The van der Waals surface area contributed by atoms with E-state index < -0.39 is 0 Å². The molecule has 0 bridgehead atoms. The maximum absolute atomic E-state index is 10.3. The lowest BCUT2D eigenvalue weighted by Gasteiger charge is -2.37. The molecule has 2 rings (SSSR count). The minimum Gasteiger partial charge on any atom is -0.487 e. The third-order valence-corrected chi connectivity index (χ3v) is 4.39. The maximum Gasteiger partial charge on any atom is 0.127 e. The highest BCUT2D eigenvalue weighted by atomic mass is 16.5. The molecule has 1 aliphatic carbocycles. The molecule has 1 aliphatic rings. The Bertz CT molecular complexity index is 441. The van der Waals surface area contributed by atoms with Crippen molar-refractivity contribution in [3.63, 3.8) is 0 Å². The van der Waals surface area contributed by atoms with E-state index in [-0.39, 0.29) is 12.2 Å². The smallest absolute Gasteiger partial charge is 0.127 e. The molecule has 2 nitrogen and oxygen atoms in total. The summed E-state index contributed by atoms with van der Waals surface area (Å²) in [6, 6.07) is 4.25. The first-order chi connectivity index (χ1) is 8.88. The van der Waals surface area contributed by atoms with Crippen molar-refractivity contribution in [1.29, 1.82) is 0 Å². The van der Waals surface area contributed by atoms with Gasteiger partial charge in [-0.3, -0.25) is 0 Å². The van der Waals surface area contributed by atoms with E-state index >= 15 is 0 Å². The predicted molar refractivity (Wildman–Crippen MR) is 78.6 cm³/mol. The lowest BCUT2D eigenvalue weighted by Crippen LogP contribution is -2.43. The molecule has 2 heteroatoms. The Kier molecular flexibility index (Phi) is 4.19. The fraction of sp³-hybridized carbons (Fsp3) is 0.647. The average Bonchev–Trinajstić information content (AvgIpc) is 2.29. The summed E-state index contributed by atoms with van der Waals surface area (Å²) in [5.74, 6) is 1.92. The van der Waals surface area contributed by atoms with E-state index in [1.165, 1.54) is 16.7 Å². The zero-order valence-corrected chi connectivity index (χ0v) is 12.7. The Morgan fingerprint density at radius 1 is 1.11 bits per heavy atom. The molecule has 0 aromatic heterocycles. The van der Waals surface area contributed by atoms with Gasteiger partial charge >= 0.3 is 0 Å². The van der Waals surface area contributed by atoms with Gasteiger partial charge in [-0.2, -0.15) is 0 Å². The molecular weight excluding hydrogens is 236 g/mol. The molecule has 1 fully saturated rings. The van der Waals surface area contributed by atoms with Gasteiger partial charge in [0.1, 0.15) is 11.9 Å². The van der Waals surface area contributed by atoms with Gasteiger partial charge in [-0.1, -0.05) is 19.9 Å². The minimum atomic E-state index is -0.348. The molecule has 0 saturated heterocycles. The van der Waals surface area contributed by atoms with Crippen LogP contribution in [0.15, 0.2) is 12.1 Å². The van der Waals surface area contributed by atoms with E-state index in [2.05, 4.69) is 46.8 Å². The highest BCUT2D eigenvalue weighted by molar-refractivity contribution is 5.42. The van der Waals surface area contributed by atoms with E-state index in [4.69, 9.17) is 4.74 Å². The van der Waals surface area contributed by atoms with Crippen LogP contribution in [0.4, 0.5) is 0 Å². The zero-order valence-electron chi connectivity index (χ0n) is 12.7. The minimum absolute atomic E-state index is 0.0731. The molecule has 0 radical (unpaired) electrons. The van der Waals surface area contributed by atoms with Crippen molar-refractivity contribution in [2.75, 3.05) is 0 Å². The summed E-state index contributed by atoms with van der Waals surface area (Å²) in [7, 11) is 0. The second-order valence-electron chi connectivity index (χ2n) is 6.41. The number of aliphatic hydroxyl groups is 1. The van der Waals surface area contributed by atoms with Gasteiger partial charge in [-0.05, 0) is 68.2 Å². The summed E-state index contributed by atoms with van der Waals surface area (Å²) in [5, 5.41) is 10.3. The summed E-state index contributed by atoms with van der Waals surface area (Å²) < 4.78 is 6.17. The number of aliphatic hydroxyl groups excluding tert-OH is 1. The Labute approximate surface area is 116 Å². The third-order valence-electron chi connectivity index (χ3n) is 4.39. The first-order valence-electron chi connectivity index (χ1n) is 7.31. The van der Waals surface area contributed by atoms with E-state index in [0.29, 0.717) is 11.8 Å². The van der Waals surface area contributed by atoms with Crippen LogP contribution in [0.2, 0.25) is 0 Å². The number of benzene rings is 1. The standard InChI is InChI=1S/C17H26O2/c1-10-7-13(4)17(15(18)8-10)19-16-9-11(2)6-12(3)14(16)5/h6,9-10,13,15,17-18H,7-8H2,1-5H3. The fourth-order valence-corrected chi connectivity index (χ4v) is 3.26. The Morgan fingerprint density at radius 2 is 1.79 bits per heavy atom. The van der Waals surface area contributed by atoms with Crippen LogP contribution in [0.3, 0.4) is 0 Å².